The van der Waals surface area contributed by atoms with Crippen LogP contribution in [0.3, 0.4) is 0 Å². The Hall–Kier alpha value is -2.71. The van der Waals surface area contributed by atoms with Crippen molar-refractivity contribution < 1.29 is 12.8 Å². The highest BCUT2D eigenvalue weighted by Gasteiger charge is 2.26. The van der Waals surface area contributed by atoms with E-state index in [9.17, 15) is 12.8 Å². The molecule has 0 aliphatic carbocycles. The Morgan fingerprint density at radius 3 is 2.83 bits per heavy atom. The van der Waals surface area contributed by atoms with E-state index in [-0.39, 0.29) is 11.6 Å². The summed E-state index contributed by atoms with van der Waals surface area (Å²) in [5, 5.41) is 4.09. The van der Waals surface area contributed by atoms with Gasteiger partial charge in [0, 0.05) is 49.4 Å². The lowest BCUT2D eigenvalue weighted by Crippen LogP contribution is -2.26. The van der Waals surface area contributed by atoms with E-state index in [1.54, 1.807) is 25.1 Å². The van der Waals surface area contributed by atoms with Gasteiger partial charge in [-0.05, 0) is 30.2 Å². The molecule has 0 saturated heterocycles. The Bertz CT molecular complexity index is 1180. The van der Waals surface area contributed by atoms with Gasteiger partial charge >= 0.3 is 0 Å². The zero-order valence-electron chi connectivity index (χ0n) is 16.2. The van der Waals surface area contributed by atoms with Gasteiger partial charge in [0.1, 0.15) is 11.6 Å². The number of pyridine rings is 1. The standard InChI is InChI=1S/C21H23FN4O2S/c1-14-10-16-18(24-7-6-23)12-21(25-19(16)11-17(14)22)26-8-9-29(27,28)20-5-3-2-4-15(20)13-26/h2-5,10-12H,6-9,13,23H2,1H3,(H,24,25). The second-order valence-corrected chi connectivity index (χ2v) is 9.29. The SMILES string of the molecule is Cc1cc2c(NCCN)cc(N3CCS(=O)(=O)c4ccccc4C3)nc2cc1F. The number of nitrogens with two attached hydrogens (primary N) is 1. The molecule has 0 amide bonds. The van der Waals surface area contributed by atoms with E-state index in [1.165, 1.54) is 6.07 Å². The summed E-state index contributed by atoms with van der Waals surface area (Å²) >= 11 is 0. The Morgan fingerprint density at radius 1 is 1.24 bits per heavy atom. The number of anilines is 2. The lowest BCUT2D eigenvalue weighted by atomic mass is 10.1. The van der Waals surface area contributed by atoms with Gasteiger partial charge in [-0.1, -0.05) is 18.2 Å². The molecule has 2 aromatic carbocycles. The van der Waals surface area contributed by atoms with Gasteiger partial charge < -0.3 is 16.0 Å². The van der Waals surface area contributed by atoms with Crippen molar-refractivity contribution >= 4 is 32.2 Å². The fourth-order valence-corrected chi connectivity index (χ4v) is 5.11. The van der Waals surface area contributed by atoms with E-state index in [0.29, 0.717) is 48.0 Å². The average Bonchev–Trinajstić information content (AvgIpc) is 2.83. The van der Waals surface area contributed by atoms with Crippen LogP contribution >= 0.6 is 0 Å². The highest BCUT2D eigenvalue weighted by Crippen LogP contribution is 2.31. The first-order chi connectivity index (χ1) is 13.9. The number of benzene rings is 2. The van der Waals surface area contributed by atoms with Crippen LogP contribution in [0, 0.1) is 12.7 Å². The number of aromatic nitrogens is 1. The molecule has 0 spiro atoms. The molecule has 0 unspecified atom stereocenters. The molecule has 3 aromatic rings. The first kappa shape index (κ1) is 19.6. The van der Waals surface area contributed by atoms with Crippen LogP contribution in [0.1, 0.15) is 11.1 Å². The lowest BCUT2D eigenvalue weighted by molar-refractivity contribution is 0.596. The zero-order chi connectivity index (χ0) is 20.6. The van der Waals surface area contributed by atoms with Crippen LogP contribution in [0.15, 0.2) is 47.4 Å². The maximum absolute atomic E-state index is 14.2. The van der Waals surface area contributed by atoms with Crippen LogP contribution in [-0.4, -0.2) is 38.8 Å². The molecule has 0 fully saturated rings. The number of hydrogen-bond acceptors (Lipinski definition) is 6. The van der Waals surface area contributed by atoms with Crippen molar-refractivity contribution in [3.05, 3.63) is 59.4 Å². The van der Waals surface area contributed by atoms with E-state index in [1.807, 2.05) is 23.1 Å². The van der Waals surface area contributed by atoms with E-state index in [0.717, 1.165) is 16.6 Å². The van der Waals surface area contributed by atoms with E-state index < -0.39 is 9.84 Å². The van der Waals surface area contributed by atoms with Gasteiger partial charge in [0.15, 0.2) is 9.84 Å². The van der Waals surface area contributed by atoms with Crippen molar-refractivity contribution in [3.8, 4) is 0 Å². The summed E-state index contributed by atoms with van der Waals surface area (Å²) in [5.74, 6) is 0.278. The summed E-state index contributed by atoms with van der Waals surface area (Å²) in [6.45, 7) is 3.45. The smallest absolute Gasteiger partial charge is 0.180 e. The molecule has 8 heteroatoms. The first-order valence-corrected chi connectivity index (χ1v) is 11.1. The molecular formula is C21H23FN4O2S. The molecule has 1 aromatic heterocycles. The molecule has 6 nitrogen and oxygen atoms in total. The number of nitrogens with zero attached hydrogens (tertiary/aromatic N) is 2. The molecule has 0 bridgehead atoms. The van der Waals surface area contributed by atoms with Crippen molar-refractivity contribution in [2.75, 3.05) is 35.6 Å². The molecule has 0 saturated carbocycles. The number of sulfone groups is 1. The van der Waals surface area contributed by atoms with Crippen molar-refractivity contribution in [2.24, 2.45) is 5.73 Å². The third-order valence-corrected chi connectivity index (χ3v) is 6.95. The predicted octanol–water partition coefficient (Wildman–Crippen LogP) is 2.85. The predicted molar refractivity (Wildman–Crippen MR) is 114 cm³/mol. The maximum atomic E-state index is 14.2. The molecule has 152 valence electrons. The van der Waals surface area contributed by atoms with Gasteiger partial charge in [0.2, 0.25) is 0 Å². The first-order valence-electron chi connectivity index (χ1n) is 9.49. The third kappa shape index (κ3) is 3.77. The molecular weight excluding hydrogens is 391 g/mol. The number of hydrogen-bond donors (Lipinski definition) is 2. The van der Waals surface area contributed by atoms with Crippen LogP contribution in [-0.2, 0) is 16.4 Å². The van der Waals surface area contributed by atoms with Crippen molar-refractivity contribution in [3.63, 3.8) is 0 Å². The number of fused-ring (bicyclic) bond motifs is 2. The summed E-state index contributed by atoms with van der Waals surface area (Å²) in [4.78, 5) is 6.94. The van der Waals surface area contributed by atoms with Crippen LogP contribution in [0.2, 0.25) is 0 Å². The fraction of sp³-hybridized carbons (Fsp3) is 0.286. The highest BCUT2D eigenvalue weighted by atomic mass is 32.2. The van der Waals surface area contributed by atoms with Gasteiger partial charge in [-0.15, -0.1) is 0 Å². The minimum atomic E-state index is -3.36. The lowest BCUT2D eigenvalue weighted by Gasteiger charge is -2.23. The summed E-state index contributed by atoms with van der Waals surface area (Å²) in [7, 11) is -3.36. The van der Waals surface area contributed by atoms with Crippen molar-refractivity contribution in [2.45, 2.75) is 18.4 Å². The van der Waals surface area contributed by atoms with E-state index >= 15 is 0 Å². The number of halogens is 1. The van der Waals surface area contributed by atoms with Crippen LogP contribution in [0.4, 0.5) is 15.9 Å². The third-order valence-electron chi connectivity index (χ3n) is 5.16. The Morgan fingerprint density at radius 2 is 2.03 bits per heavy atom. The molecule has 1 aliphatic rings. The largest absolute Gasteiger partial charge is 0.383 e. The van der Waals surface area contributed by atoms with Gasteiger partial charge in [-0.3, -0.25) is 0 Å². The summed E-state index contributed by atoms with van der Waals surface area (Å²) in [6.07, 6.45) is 0. The van der Waals surface area contributed by atoms with Crippen molar-refractivity contribution in [1.29, 1.82) is 0 Å². The second-order valence-electron chi connectivity index (χ2n) is 7.21. The van der Waals surface area contributed by atoms with Crippen LogP contribution in [0.5, 0.6) is 0 Å². The molecule has 29 heavy (non-hydrogen) atoms. The minimum absolute atomic E-state index is 0.00243. The van der Waals surface area contributed by atoms with Gasteiger partial charge in [0.25, 0.3) is 0 Å². The second kappa shape index (κ2) is 7.61. The number of rotatable bonds is 4. The van der Waals surface area contributed by atoms with Crippen LogP contribution < -0.4 is 16.0 Å². The monoisotopic (exact) mass is 414 g/mol. The summed E-state index contributed by atoms with van der Waals surface area (Å²) < 4.78 is 39.5. The average molecular weight is 415 g/mol. The maximum Gasteiger partial charge on any atom is 0.180 e. The van der Waals surface area contributed by atoms with Gasteiger partial charge in [-0.25, -0.2) is 17.8 Å². The van der Waals surface area contributed by atoms with Crippen molar-refractivity contribution in [1.82, 2.24) is 4.98 Å². The minimum Gasteiger partial charge on any atom is -0.383 e. The highest BCUT2D eigenvalue weighted by molar-refractivity contribution is 7.91. The Kier molecular flexibility index (Phi) is 5.14. The molecule has 0 radical (unpaired) electrons. The zero-order valence-corrected chi connectivity index (χ0v) is 17.0. The fourth-order valence-electron chi connectivity index (χ4n) is 3.62. The summed E-state index contributed by atoms with van der Waals surface area (Å²) in [6, 6.07) is 12.1. The van der Waals surface area contributed by atoms with E-state index in [4.69, 9.17) is 5.73 Å². The Balaban J connectivity index is 1.82. The topological polar surface area (TPSA) is 88.3 Å². The number of nitrogens with one attached hydrogen (secondary N) is 1. The quantitative estimate of drug-likeness (QED) is 0.683. The molecule has 1 aliphatic heterocycles. The van der Waals surface area contributed by atoms with Crippen LogP contribution in [0.25, 0.3) is 10.9 Å². The normalized spacial score (nSPS) is 15.8. The van der Waals surface area contributed by atoms with Gasteiger partial charge in [-0.2, -0.15) is 0 Å². The van der Waals surface area contributed by atoms with E-state index in [2.05, 4.69) is 10.3 Å². The molecule has 2 heterocycles. The molecule has 3 N–H and O–H groups in total. The molecule has 0 atom stereocenters. The Labute approximate surface area is 169 Å². The summed E-state index contributed by atoms with van der Waals surface area (Å²) in [5.41, 5.74) is 8.24. The molecule has 4 rings (SSSR count). The van der Waals surface area contributed by atoms with Gasteiger partial charge in [0.05, 0.1) is 16.2 Å². The number of aryl methyl sites for hydroxylation is 1.